The van der Waals surface area contributed by atoms with E-state index in [9.17, 15) is 9.59 Å². The average Bonchev–Trinajstić information content (AvgIpc) is 2.85. The molecule has 5 nitrogen and oxygen atoms in total. The summed E-state index contributed by atoms with van der Waals surface area (Å²) in [5.41, 5.74) is 6.43. The normalized spacial score (nSPS) is 15.8. The second-order valence-corrected chi connectivity index (χ2v) is 9.64. The van der Waals surface area contributed by atoms with Crippen LogP contribution in [0.25, 0.3) is 0 Å². The minimum Gasteiger partial charge on any atom is -0.467 e. The van der Waals surface area contributed by atoms with E-state index in [4.69, 9.17) is 4.74 Å². The van der Waals surface area contributed by atoms with Crippen LogP contribution in [-0.4, -0.2) is 44.1 Å². The van der Waals surface area contributed by atoms with Crippen LogP contribution in [0.1, 0.15) is 69.8 Å². The lowest BCUT2D eigenvalue weighted by molar-refractivity contribution is -0.128. The van der Waals surface area contributed by atoms with E-state index in [1.54, 1.807) is 6.21 Å². The van der Waals surface area contributed by atoms with Crippen molar-refractivity contribution >= 4 is 24.2 Å². The van der Waals surface area contributed by atoms with Gasteiger partial charge in [-0.05, 0) is 53.9 Å². The second-order valence-electron chi connectivity index (χ2n) is 9.64. The van der Waals surface area contributed by atoms with Gasteiger partial charge in [0.25, 0.3) is 6.47 Å². The Labute approximate surface area is 207 Å². The van der Waals surface area contributed by atoms with Gasteiger partial charge in [-0.25, -0.2) is 0 Å². The Morgan fingerprint density at radius 2 is 1.66 bits per heavy atom. The molecule has 1 heterocycles. The quantitative estimate of drug-likeness (QED) is 0.369. The maximum Gasteiger partial charge on any atom is 0.293 e. The van der Waals surface area contributed by atoms with Crippen LogP contribution in [0.3, 0.4) is 0 Å². The summed E-state index contributed by atoms with van der Waals surface area (Å²) >= 11 is 0. The molecule has 0 aliphatic carbocycles. The number of ketones is 1. The number of benzene rings is 3. The summed E-state index contributed by atoms with van der Waals surface area (Å²) in [6, 6.07) is 22.2. The first-order chi connectivity index (χ1) is 16.9. The van der Waals surface area contributed by atoms with Gasteiger partial charge in [0.15, 0.2) is 5.78 Å². The first-order valence-electron chi connectivity index (χ1n) is 12.0. The Balaban J connectivity index is 1.72. The van der Waals surface area contributed by atoms with Crippen LogP contribution in [0.5, 0.6) is 0 Å². The topological polar surface area (TPSA) is 59.0 Å². The molecule has 0 spiro atoms. The van der Waals surface area contributed by atoms with Crippen molar-refractivity contribution in [3.05, 3.63) is 100 Å². The molecule has 4 rings (SSSR count). The maximum absolute atomic E-state index is 13.8. The van der Waals surface area contributed by atoms with Crippen LogP contribution in [-0.2, 0) is 16.1 Å². The number of carbonyl (C=O) groups excluding carboxylic acids is 2. The highest BCUT2D eigenvalue weighted by atomic mass is 16.5. The third-order valence-electron chi connectivity index (χ3n) is 6.52. The highest BCUT2D eigenvalue weighted by Crippen LogP contribution is 2.38. The summed E-state index contributed by atoms with van der Waals surface area (Å²) in [6.07, 6.45) is 1.74. The molecule has 0 fully saturated rings. The maximum atomic E-state index is 13.8. The number of aliphatic imine (C=N–C) groups is 1. The molecule has 0 bridgehead atoms. The molecule has 2 unspecified atom stereocenters. The lowest BCUT2D eigenvalue weighted by Crippen LogP contribution is -2.22. The number of carbonyl (C=O) groups is 2. The number of hydrogen-bond donors (Lipinski definition) is 0. The molecule has 3 aromatic rings. The highest BCUT2D eigenvalue weighted by Gasteiger charge is 2.31. The first kappa shape index (κ1) is 24.6. The van der Waals surface area contributed by atoms with Crippen LogP contribution in [0.15, 0.2) is 71.7 Å². The van der Waals surface area contributed by atoms with Crippen molar-refractivity contribution in [1.29, 1.82) is 0 Å². The van der Waals surface area contributed by atoms with Crippen LogP contribution < -0.4 is 0 Å². The fraction of sp³-hybridized carbons (Fsp3) is 0.300. The number of rotatable bonds is 9. The molecule has 1 aliphatic heterocycles. The summed E-state index contributed by atoms with van der Waals surface area (Å²) in [4.78, 5) is 31.7. The van der Waals surface area contributed by atoms with Gasteiger partial charge < -0.3 is 9.64 Å². The molecular formula is C30H32N2O3. The van der Waals surface area contributed by atoms with Crippen LogP contribution in [0, 0.1) is 0 Å². The molecule has 1 aliphatic rings. The van der Waals surface area contributed by atoms with E-state index < -0.39 is 5.92 Å². The summed E-state index contributed by atoms with van der Waals surface area (Å²) in [5.74, 6) is -0.275. The van der Waals surface area contributed by atoms with E-state index in [2.05, 4.69) is 60.1 Å². The second kappa shape index (κ2) is 10.8. The lowest BCUT2D eigenvalue weighted by Gasteiger charge is -2.25. The van der Waals surface area contributed by atoms with E-state index >= 15 is 0 Å². The van der Waals surface area contributed by atoms with Gasteiger partial charge >= 0.3 is 0 Å². The van der Waals surface area contributed by atoms with Gasteiger partial charge in [0.2, 0.25) is 0 Å². The minimum atomic E-state index is -0.444. The fourth-order valence-electron chi connectivity index (χ4n) is 4.65. The third kappa shape index (κ3) is 5.41. The lowest BCUT2D eigenvalue weighted by atomic mass is 9.81. The number of Topliss-reactive ketones (excluding diaryl/α,β-unsaturated/α-hetero) is 1. The van der Waals surface area contributed by atoms with E-state index in [0.717, 1.165) is 23.2 Å². The fourth-order valence-corrected chi connectivity index (χ4v) is 4.65. The van der Waals surface area contributed by atoms with E-state index in [0.29, 0.717) is 23.6 Å². The van der Waals surface area contributed by atoms with Gasteiger partial charge in [-0.1, -0.05) is 74.5 Å². The van der Waals surface area contributed by atoms with Crippen molar-refractivity contribution in [2.45, 2.75) is 38.1 Å². The Morgan fingerprint density at radius 3 is 2.29 bits per heavy atom. The molecule has 0 radical (unpaired) electrons. The van der Waals surface area contributed by atoms with Crippen molar-refractivity contribution in [3.8, 4) is 0 Å². The zero-order chi connectivity index (χ0) is 24.9. The van der Waals surface area contributed by atoms with Gasteiger partial charge in [-0.15, -0.1) is 0 Å². The van der Waals surface area contributed by atoms with Gasteiger partial charge in [0, 0.05) is 24.2 Å². The number of ether oxygens (including phenoxy) is 1. The Morgan fingerprint density at radius 1 is 0.971 bits per heavy atom. The minimum absolute atomic E-state index is 0.0169. The third-order valence-corrected chi connectivity index (χ3v) is 6.52. The largest absolute Gasteiger partial charge is 0.467 e. The smallest absolute Gasteiger partial charge is 0.293 e. The monoisotopic (exact) mass is 468 g/mol. The molecule has 0 amide bonds. The summed E-state index contributed by atoms with van der Waals surface area (Å²) in [7, 11) is 4.06. The number of nitrogens with zero attached hydrogens (tertiary/aromatic N) is 2. The molecule has 3 aromatic carbocycles. The summed E-state index contributed by atoms with van der Waals surface area (Å²) in [5, 5.41) is 0. The SMILES string of the molecule is CC(C)c1ccc(C2C=Nc3cccc(C(COC=O)c4ccc(CN(C)C)cc4)c3C2=O)cc1. The number of fused-ring (bicyclic) bond motifs is 1. The van der Waals surface area contributed by atoms with Crippen molar-refractivity contribution in [3.63, 3.8) is 0 Å². The summed E-state index contributed by atoms with van der Waals surface area (Å²) in [6.45, 7) is 5.75. The van der Waals surface area contributed by atoms with Crippen LogP contribution >= 0.6 is 0 Å². The first-order valence-corrected chi connectivity index (χ1v) is 12.0. The predicted octanol–water partition coefficient (Wildman–Crippen LogP) is 5.86. The van der Waals surface area contributed by atoms with Crippen molar-refractivity contribution < 1.29 is 14.3 Å². The van der Waals surface area contributed by atoms with Crippen LogP contribution in [0.4, 0.5) is 5.69 Å². The van der Waals surface area contributed by atoms with Crippen molar-refractivity contribution in [2.24, 2.45) is 4.99 Å². The predicted molar refractivity (Wildman–Crippen MR) is 140 cm³/mol. The molecule has 0 saturated carbocycles. The number of hydrogen-bond acceptors (Lipinski definition) is 5. The van der Waals surface area contributed by atoms with Crippen molar-refractivity contribution in [1.82, 2.24) is 4.90 Å². The van der Waals surface area contributed by atoms with Crippen LogP contribution in [0.2, 0.25) is 0 Å². The summed E-state index contributed by atoms with van der Waals surface area (Å²) < 4.78 is 5.23. The molecule has 2 atom stereocenters. The van der Waals surface area contributed by atoms with E-state index in [-0.39, 0.29) is 18.3 Å². The Hall–Kier alpha value is -3.57. The standard InChI is InChI=1S/C30H32N2O3/c1-20(2)22-12-14-23(15-13-22)26-16-31-28-7-5-6-25(29(28)30(26)34)27(18-35-19-33)24-10-8-21(9-11-24)17-32(3)4/h5-16,19-20,26-27H,17-18H2,1-4H3. The molecule has 180 valence electrons. The zero-order valence-corrected chi connectivity index (χ0v) is 20.8. The van der Waals surface area contributed by atoms with Gasteiger partial charge in [-0.3, -0.25) is 14.6 Å². The molecule has 5 heteroatoms. The van der Waals surface area contributed by atoms with Crippen molar-refractivity contribution in [2.75, 3.05) is 20.7 Å². The van der Waals surface area contributed by atoms with Gasteiger partial charge in [0.05, 0.1) is 11.6 Å². The molecule has 0 aromatic heterocycles. The van der Waals surface area contributed by atoms with Gasteiger partial charge in [0.1, 0.15) is 6.61 Å². The van der Waals surface area contributed by atoms with E-state index in [1.807, 2.05) is 44.4 Å². The molecule has 0 N–H and O–H groups in total. The highest BCUT2D eigenvalue weighted by molar-refractivity contribution is 6.16. The molecule has 35 heavy (non-hydrogen) atoms. The molecule has 0 saturated heterocycles. The Bertz CT molecular complexity index is 1210. The zero-order valence-electron chi connectivity index (χ0n) is 20.8. The van der Waals surface area contributed by atoms with E-state index in [1.165, 1.54) is 11.1 Å². The van der Waals surface area contributed by atoms with Gasteiger partial charge in [-0.2, -0.15) is 0 Å². The molecular weight excluding hydrogens is 436 g/mol. The average molecular weight is 469 g/mol. The Kier molecular flexibility index (Phi) is 7.57.